The molecule has 0 spiro atoms. The summed E-state index contributed by atoms with van der Waals surface area (Å²) >= 11 is 0. The summed E-state index contributed by atoms with van der Waals surface area (Å²) in [5, 5.41) is 3.79. The molecule has 0 radical (unpaired) electrons. The van der Waals surface area contributed by atoms with Crippen LogP contribution in [0.25, 0.3) is 0 Å². The summed E-state index contributed by atoms with van der Waals surface area (Å²) in [6.07, 6.45) is 2.40. The first-order valence-electron chi connectivity index (χ1n) is 9.30. The van der Waals surface area contributed by atoms with Crippen LogP contribution in [0, 0.1) is 18.8 Å². The minimum atomic E-state index is -0.120. The van der Waals surface area contributed by atoms with Crippen LogP contribution < -0.4 is 0 Å². The van der Waals surface area contributed by atoms with Gasteiger partial charge in [-0.15, -0.1) is 0 Å². The molecule has 26 heavy (non-hydrogen) atoms. The number of carbonyl (C=O) groups excluding carboxylic acids is 2. The summed E-state index contributed by atoms with van der Waals surface area (Å²) in [5.74, 6) is 1.27. The van der Waals surface area contributed by atoms with Crippen molar-refractivity contribution in [1.82, 2.24) is 10.1 Å². The molecule has 1 saturated heterocycles. The summed E-state index contributed by atoms with van der Waals surface area (Å²) in [6, 6.07) is 9.64. The molecule has 0 N–H and O–H groups in total. The fourth-order valence-corrected chi connectivity index (χ4v) is 3.49. The van der Waals surface area contributed by atoms with Crippen LogP contribution in [-0.4, -0.2) is 34.8 Å². The Hall–Kier alpha value is -2.43. The van der Waals surface area contributed by atoms with Gasteiger partial charge in [0.05, 0.1) is 0 Å². The van der Waals surface area contributed by atoms with Gasteiger partial charge in [0.25, 0.3) is 5.91 Å². The normalized spacial score (nSPS) is 15.5. The Bertz CT molecular complexity index is 769. The van der Waals surface area contributed by atoms with Crippen LogP contribution >= 0.6 is 0 Å². The number of Topliss-reactive ketones (excluding diaryl/α,β-unsaturated/α-hetero) is 1. The summed E-state index contributed by atoms with van der Waals surface area (Å²) in [7, 11) is 0. The molecule has 0 atom stereocenters. The average molecular weight is 354 g/mol. The highest BCUT2D eigenvalue weighted by Crippen LogP contribution is 2.23. The zero-order valence-electron chi connectivity index (χ0n) is 15.7. The summed E-state index contributed by atoms with van der Waals surface area (Å²) in [6.45, 7) is 7.29. The van der Waals surface area contributed by atoms with Crippen molar-refractivity contribution in [2.75, 3.05) is 13.1 Å². The van der Waals surface area contributed by atoms with E-state index in [-0.39, 0.29) is 17.6 Å². The number of hydrogen-bond acceptors (Lipinski definition) is 4. The van der Waals surface area contributed by atoms with Crippen LogP contribution in [0.15, 0.2) is 34.9 Å². The zero-order chi connectivity index (χ0) is 18.7. The molecule has 1 fully saturated rings. The van der Waals surface area contributed by atoms with Gasteiger partial charge in [0, 0.05) is 30.6 Å². The number of benzene rings is 1. The molecule has 5 nitrogen and oxygen atoms in total. The number of nitrogens with zero attached hydrogens (tertiary/aromatic N) is 2. The third-order valence-corrected chi connectivity index (χ3v) is 4.88. The number of amides is 1. The minimum Gasteiger partial charge on any atom is -0.361 e. The Balaban J connectivity index is 1.57. The van der Waals surface area contributed by atoms with Crippen molar-refractivity contribution in [3.63, 3.8) is 0 Å². The van der Waals surface area contributed by atoms with Crippen molar-refractivity contribution in [3.8, 4) is 0 Å². The van der Waals surface area contributed by atoms with Crippen LogP contribution in [-0.2, 0) is 6.42 Å². The number of ketones is 1. The summed E-state index contributed by atoms with van der Waals surface area (Å²) in [5.41, 5.74) is 2.38. The molecule has 0 aliphatic carbocycles. The van der Waals surface area contributed by atoms with E-state index >= 15 is 0 Å². The molecule has 1 aliphatic heterocycles. The summed E-state index contributed by atoms with van der Waals surface area (Å²) in [4.78, 5) is 26.9. The van der Waals surface area contributed by atoms with Crippen molar-refractivity contribution in [2.24, 2.45) is 11.8 Å². The van der Waals surface area contributed by atoms with Crippen LogP contribution in [0.4, 0.5) is 0 Å². The number of likely N-dealkylation sites (tertiary alicyclic amines) is 1. The lowest BCUT2D eigenvalue weighted by molar-refractivity contribution is 0.0642. The molecule has 2 heterocycles. The van der Waals surface area contributed by atoms with Crippen molar-refractivity contribution >= 4 is 11.7 Å². The maximum atomic E-state index is 12.8. The van der Waals surface area contributed by atoms with Crippen molar-refractivity contribution in [3.05, 3.63) is 52.9 Å². The second-order valence-electron chi connectivity index (χ2n) is 7.55. The minimum absolute atomic E-state index is 0.0194. The third kappa shape index (κ3) is 4.21. The van der Waals surface area contributed by atoms with Gasteiger partial charge in [-0.1, -0.05) is 43.3 Å². The van der Waals surface area contributed by atoms with E-state index in [2.05, 4.69) is 31.1 Å². The van der Waals surface area contributed by atoms with Gasteiger partial charge < -0.3 is 9.42 Å². The maximum absolute atomic E-state index is 12.8. The second-order valence-corrected chi connectivity index (χ2v) is 7.55. The van der Waals surface area contributed by atoms with E-state index in [1.807, 2.05) is 12.1 Å². The molecule has 138 valence electrons. The van der Waals surface area contributed by atoms with E-state index in [4.69, 9.17) is 4.52 Å². The molecule has 1 aromatic heterocycles. The van der Waals surface area contributed by atoms with Crippen LogP contribution in [0.5, 0.6) is 0 Å². The largest absolute Gasteiger partial charge is 0.361 e. The van der Waals surface area contributed by atoms with Crippen LogP contribution in [0.2, 0.25) is 0 Å². The standard InChI is InChI=1S/C21H26N2O3/c1-14(2)12-16-4-6-17(7-5-16)20(24)18-8-10-23(11-9-18)21(25)19-13-15(3)26-22-19/h4-7,13-14,18H,8-12H2,1-3H3. The Morgan fingerprint density at radius 2 is 1.85 bits per heavy atom. The lowest BCUT2D eigenvalue weighted by atomic mass is 9.88. The van der Waals surface area contributed by atoms with E-state index in [0.717, 1.165) is 12.0 Å². The van der Waals surface area contributed by atoms with Gasteiger partial charge in [0.15, 0.2) is 11.5 Å². The number of piperidine rings is 1. The molecule has 0 saturated carbocycles. The first kappa shape index (κ1) is 18.4. The quantitative estimate of drug-likeness (QED) is 0.764. The Morgan fingerprint density at radius 3 is 2.38 bits per heavy atom. The van der Waals surface area contributed by atoms with E-state index < -0.39 is 0 Å². The van der Waals surface area contributed by atoms with Crippen molar-refractivity contribution in [2.45, 2.75) is 40.0 Å². The maximum Gasteiger partial charge on any atom is 0.276 e. The Morgan fingerprint density at radius 1 is 1.19 bits per heavy atom. The fourth-order valence-electron chi connectivity index (χ4n) is 3.49. The van der Waals surface area contributed by atoms with Crippen molar-refractivity contribution in [1.29, 1.82) is 0 Å². The van der Waals surface area contributed by atoms with E-state index in [1.165, 1.54) is 5.56 Å². The number of aryl methyl sites for hydroxylation is 1. The van der Waals surface area contributed by atoms with Gasteiger partial charge in [0.1, 0.15) is 5.76 Å². The number of carbonyl (C=O) groups is 2. The number of rotatable bonds is 5. The predicted molar refractivity (Wildman–Crippen MR) is 99.2 cm³/mol. The highest BCUT2D eigenvalue weighted by Gasteiger charge is 2.29. The molecular formula is C21H26N2O3. The third-order valence-electron chi connectivity index (χ3n) is 4.88. The highest BCUT2D eigenvalue weighted by atomic mass is 16.5. The lowest BCUT2D eigenvalue weighted by Crippen LogP contribution is -2.40. The van der Waals surface area contributed by atoms with Gasteiger partial charge in [-0.2, -0.15) is 0 Å². The molecule has 5 heteroatoms. The smallest absolute Gasteiger partial charge is 0.276 e. The Kier molecular flexibility index (Phi) is 5.55. The molecule has 0 bridgehead atoms. The molecular weight excluding hydrogens is 328 g/mol. The monoisotopic (exact) mass is 354 g/mol. The van der Waals surface area contributed by atoms with Crippen LogP contribution in [0.1, 0.15) is 58.9 Å². The SMILES string of the molecule is Cc1cc(C(=O)N2CCC(C(=O)c3ccc(CC(C)C)cc3)CC2)no1. The Labute approximate surface area is 154 Å². The first-order valence-corrected chi connectivity index (χ1v) is 9.30. The predicted octanol–water partition coefficient (Wildman–Crippen LogP) is 3.92. The van der Waals surface area contributed by atoms with Gasteiger partial charge in [-0.3, -0.25) is 9.59 Å². The molecule has 1 aliphatic rings. The second kappa shape index (κ2) is 7.85. The van der Waals surface area contributed by atoms with Gasteiger partial charge in [-0.25, -0.2) is 0 Å². The van der Waals surface area contributed by atoms with Crippen molar-refractivity contribution < 1.29 is 14.1 Å². The lowest BCUT2D eigenvalue weighted by Gasteiger charge is -2.30. The van der Waals surface area contributed by atoms with Gasteiger partial charge >= 0.3 is 0 Å². The number of aromatic nitrogens is 1. The highest BCUT2D eigenvalue weighted by molar-refractivity contribution is 5.98. The molecule has 1 amide bonds. The average Bonchev–Trinajstić information content (AvgIpc) is 3.07. The molecule has 2 aromatic rings. The van der Waals surface area contributed by atoms with Gasteiger partial charge in [-0.05, 0) is 37.7 Å². The fraction of sp³-hybridized carbons (Fsp3) is 0.476. The van der Waals surface area contributed by atoms with Crippen LogP contribution in [0.3, 0.4) is 0 Å². The summed E-state index contributed by atoms with van der Waals surface area (Å²) < 4.78 is 4.98. The van der Waals surface area contributed by atoms with E-state index in [0.29, 0.717) is 43.3 Å². The molecule has 3 rings (SSSR count). The van der Waals surface area contributed by atoms with Gasteiger partial charge in [0.2, 0.25) is 0 Å². The molecule has 1 aromatic carbocycles. The zero-order valence-corrected chi connectivity index (χ0v) is 15.7. The topological polar surface area (TPSA) is 63.4 Å². The van der Waals surface area contributed by atoms with E-state index in [1.54, 1.807) is 17.9 Å². The van der Waals surface area contributed by atoms with E-state index in [9.17, 15) is 9.59 Å². The molecule has 0 unspecified atom stereocenters. The number of hydrogen-bond donors (Lipinski definition) is 0. The first-order chi connectivity index (χ1) is 12.4.